The predicted molar refractivity (Wildman–Crippen MR) is 95.5 cm³/mol. The second kappa shape index (κ2) is 7.60. The van der Waals surface area contributed by atoms with Gasteiger partial charge in [-0.25, -0.2) is 4.98 Å². The molecule has 1 aromatic carbocycles. The van der Waals surface area contributed by atoms with Gasteiger partial charge in [-0.15, -0.1) is 0 Å². The molecule has 0 unspecified atom stereocenters. The molecular weight excluding hydrogens is 332 g/mol. The summed E-state index contributed by atoms with van der Waals surface area (Å²) in [6.45, 7) is 2.18. The maximum Gasteiger partial charge on any atom is 0.268 e. The van der Waals surface area contributed by atoms with Gasteiger partial charge in [-0.3, -0.25) is 14.6 Å². The Labute approximate surface area is 150 Å². The molecule has 26 heavy (non-hydrogen) atoms. The standard InChI is InChI=1S/C19H18N4O3/c1-12-15(23-19(26-12)13-6-3-2-4-7-13)9-11-22-18(25)14-8-5-10-21-16(14)17(20)24/h2-8,10H,9,11H2,1H3,(H2,20,24)(H,22,25). The Kier molecular flexibility index (Phi) is 5.07. The van der Waals surface area contributed by atoms with Gasteiger partial charge in [0.15, 0.2) is 0 Å². The number of aryl methyl sites for hydroxylation is 1. The van der Waals surface area contributed by atoms with Gasteiger partial charge in [-0.2, -0.15) is 0 Å². The summed E-state index contributed by atoms with van der Waals surface area (Å²) in [5.74, 6) is 0.108. The molecule has 0 saturated heterocycles. The van der Waals surface area contributed by atoms with Crippen LogP contribution in [-0.4, -0.2) is 28.3 Å². The molecule has 3 rings (SSSR count). The third kappa shape index (κ3) is 3.77. The highest BCUT2D eigenvalue weighted by atomic mass is 16.4. The van der Waals surface area contributed by atoms with Crippen molar-refractivity contribution in [2.75, 3.05) is 6.54 Å². The van der Waals surface area contributed by atoms with Crippen LogP contribution in [0.5, 0.6) is 0 Å². The first-order valence-electron chi connectivity index (χ1n) is 8.11. The normalized spacial score (nSPS) is 10.5. The number of aromatic nitrogens is 2. The molecule has 0 radical (unpaired) electrons. The van der Waals surface area contributed by atoms with Gasteiger partial charge in [0.25, 0.3) is 11.8 Å². The maximum absolute atomic E-state index is 12.3. The van der Waals surface area contributed by atoms with Crippen molar-refractivity contribution in [2.24, 2.45) is 5.73 Å². The molecule has 3 aromatic rings. The van der Waals surface area contributed by atoms with Crippen molar-refractivity contribution in [2.45, 2.75) is 13.3 Å². The van der Waals surface area contributed by atoms with Gasteiger partial charge in [-0.1, -0.05) is 18.2 Å². The molecule has 2 aromatic heterocycles. The number of oxazole rings is 1. The molecule has 2 heterocycles. The van der Waals surface area contributed by atoms with Crippen LogP contribution in [0.1, 0.15) is 32.3 Å². The number of amides is 2. The van der Waals surface area contributed by atoms with Crippen molar-refractivity contribution in [3.05, 3.63) is 71.4 Å². The minimum Gasteiger partial charge on any atom is -0.441 e. The monoisotopic (exact) mass is 350 g/mol. The lowest BCUT2D eigenvalue weighted by Crippen LogP contribution is -2.29. The van der Waals surface area contributed by atoms with Crippen molar-refractivity contribution in [1.29, 1.82) is 0 Å². The molecule has 0 aliphatic heterocycles. The quantitative estimate of drug-likeness (QED) is 0.707. The van der Waals surface area contributed by atoms with Crippen LogP contribution >= 0.6 is 0 Å². The zero-order chi connectivity index (χ0) is 18.5. The number of hydrogen-bond donors (Lipinski definition) is 2. The van der Waals surface area contributed by atoms with Gasteiger partial charge in [0, 0.05) is 24.7 Å². The van der Waals surface area contributed by atoms with E-state index in [0.717, 1.165) is 11.3 Å². The topological polar surface area (TPSA) is 111 Å². The molecular formula is C19H18N4O3. The highest BCUT2D eigenvalue weighted by molar-refractivity contribution is 6.05. The van der Waals surface area contributed by atoms with Crippen molar-refractivity contribution in [1.82, 2.24) is 15.3 Å². The molecule has 7 heteroatoms. The highest BCUT2D eigenvalue weighted by Gasteiger charge is 2.16. The molecule has 0 saturated carbocycles. The second-order valence-corrected chi connectivity index (χ2v) is 5.66. The fraction of sp³-hybridized carbons (Fsp3) is 0.158. The molecule has 0 bridgehead atoms. The van der Waals surface area contributed by atoms with Crippen LogP contribution in [0.25, 0.3) is 11.5 Å². The molecule has 0 fully saturated rings. The van der Waals surface area contributed by atoms with Gasteiger partial charge in [0.1, 0.15) is 11.5 Å². The van der Waals surface area contributed by atoms with E-state index in [4.69, 9.17) is 10.2 Å². The number of pyridine rings is 1. The van der Waals surface area contributed by atoms with Crippen molar-refractivity contribution < 1.29 is 14.0 Å². The Morgan fingerprint density at radius 2 is 1.92 bits per heavy atom. The summed E-state index contributed by atoms with van der Waals surface area (Å²) in [6.07, 6.45) is 1.92. The van der Waals surface area contributed by atoms with E-state index in [-0.39, 0.29) is 11.3 Å². The van der Waals surface area contributed by atoms with E-state index in [9.17, 15) is 9.59 Å². The number of nitrogens with zero attached hydrogens (tertiary/aromatic N) is 2. The van der Waals surface area contributed by atoms with E-state index in [0.29, 0.717) is 24.6 Å². The van der Waals surface area contributed by atoms with Gasteiger partial charge in [-0.05, 0) is 31.2 Å². The summed E-state index contributed by atoms with van der Waals surface area (Å²) < 4.78 is 5.70. The first-order chi connectivity index (χ1) is 12.6. The molecule has 0 atom stereocenters. The number of primary amides is 1. The fourth-order valence-electron chi connectivity index (χ4n) is 2.54. The average Bonchev–Trinajstić information content (AvgIpc) is 3.03. The first-order valence-corrected chi connectivity index (χ1v) is 8.11. The summed E-state index contributed by atoms with van der Waals surface area (Å²) in [7, 11) is 0. The molecule has 132 valence electrons. The SMILES string of the molecule is Cc1oc(-c2ccccc2)nc1CCNC(=O)c1cccnc1C(N)=O. The maximum atomic E-state index is 12.3. The van der Waals surface area contributed by atoms with Gasteiger partial charge in [0.05, 0.1) is 11.3 Å². The summed E-state index contributed by atoms with van der Waals surface area (Å²) >= 11 is 0. The van der Waals surface area contributed by atoms with E-state index >= 15 is 0 Å². The van der Waals surface area contributed by atoms with E-state index in [1.807, 2.05) is 37.3 Å². The van der Waals surface area contributed by atoms with Crippen molar-refractivity contribution in [3.8, 4) is 11.5 Å². The Morgan fingerprint density at radius 1 is 1.15 bits per heavy atom. The Balaban J connectivity index is 1.65. The minimum absolute atomic E-state index is 0.0472. The summed E-state index contributed by atoms with van der Waals surface area (Å²) in [6, 6.07) is 12.7. The third-order valence-electron chi connectivity index (χ3n) is 3.85. The Bertz CT molecular complexity index is 935. The zero-order valence-electron chi connectivity index (χ0n) is 14.2. The van der Waals surface area contributed by atoms with E-state index < -0.39 is 11.8 Å². The van der Waals surface area contributed by atoms with Gasteiger partial charge in [0.2, 0.25) is 5.89 Å². The molecule has 7 nitrogen and oxygen atoms in total. The van der Waals surface area contributed by atoms with Crippen LogP contribution < -0.4 is 11.1 Å². The lowest BCUT2D eigenvalue weighted by atomic mass is 10.1. The summed E-state index contributed by atoms with van der Waals surface area (Å²) in [5, 5.41) is 2.75. The van der Waals surface area contributed by atoms with Crippen LogP contribution in [0.2, 0.25) is 0 Å². The number of hydrogen-bond acceptors (Lipinski definition) is 5. The predicted octanol–water partition coefficient (Wildman–Crippen LogP) is 2.12. The third-order valence-corrected chi connectivity index (χ3v) is 3.85. The lowest BCUT2D eigenvalue weighted by Gasteiger charge is -2.06. The van der Waals surface area contributed by atoms with Crippen LogP contribution in [0, 0.1) is 6.92 Å². The highest BCUT2D eigenvalue weighted by Crippen LogP contribution is 2.21. The molecule has 0 spiro atoms. The van der Waals surface area contributed by atoms with E-state index in [1.54, 1.807) is 6.07 Å². The van der Waals surface area contributed by atoms with Crippen LogP contribution in [0.15, 0.2) is 53.1 Å². The zero-order valence-corrected chi connectivity index (χ0v) is 14.2. The largest absolute Gasteiger partial charge is 0.441 e. The molecule has 3 N–H and O–H groups in total. The Morgan fingerprint density at radius 3 is 2.65 bits per heavy atom. The number of benzene rings is 1. The minimum atomic E-state index is -0.740. The lowest BCUT2D eigenvalue weighted by molar-refractivity contribution is 0.0934. The van der Waals surface area contributed by atoms with Crippen molar-refractivity contribution in [3.63, 3.8) is 0 Å². The number of carbonyl (C=O) groups excluding carboxylic acids is 2. The summed E-state index contributed by atoms with van der Waals surface area (Å²) in [5.41, 5.74) is 7.02. The summed E-state index contributed by atoms with van der Waals surface area (Å²) in [4.78, 5) is 32.0. The van der Waals surface area contributed by atoms with Crippen LogP contribution in [-0.2, 0) is 6.42 Å². The van der Waals surface area contributed by atoms with Crippen molar-refractivity contribution >= 4 is 11.8 Å². The van der Waals surface area contributed by atoms with Gasteiger partial charge >= 0.3 is 0 Å². The number of rotatable bonds is 6. The number of nitrogens with two attached hydrogens (primary N) is 1. The van der Waals surface area contributed by atoms with E-state index in [1.165, 1.54) is 12.3 Å². The smallest absolute Gasteiger partial charge is 0.268 e. The molecule has 0 aliphatic rings. The number of nitrogens with one attached hydrogen (secondary N) is 1. The number of carbonyl (C=O) groups is 2. The molecule has 2 amide bonds. The van der Waals surface area contributed by atoms with Crippen LogP contribution in [0.3, 0.4) is 0 Å². The Hall–Kier alpha value is -3.48. The van der Waals surface area contributed by atoms with Gasteiger partial charge < -0.3 is 15.5 Å². The average molecular weight is 350 g/mol. The second-order valence-electron chi connectivity index (χ2n) is 5.66. The molecule has 0 aliphatic carbocycles. The van der Waals surface area contributed by atoms with E-state index in [2.05, 4.69) is 15.3 Å². The van der Waals surface area contributed by atoms with Crippen LogP contribution in [0.4, 0.5) is 0 Å². The first kappa shape index (κ1) is 17.3. The fourth-order valence-corrected chi connectivity index (χ4v) is 2.54.